The van der Waals surface area contributed by atoms with E-state index < -0.39 is 6.04 Å². The monoisotopic (exact) mass is 347 g/mol. The van der Waals surface area contributed by atoms with Gasteiger partial charge >= 0.3 is 6.09 Å². The third kappa shape index (κ3) is 5.19. The second-order valence-corrected chi connectivity index (χ2v) is 6.91. The number of amides is 2. The summed E-state index contributed by atoms with van der Waals surface area (Å²) < 4.78 is 5.42. The van der Waals surface area contributed by atoms with Crippen LogP contribution >= 0.6 is 0 Å². The first-order valence-electron chi connectivity index (χ1n) is 8.93. The summed E-state index contributed by atoms with van der Waals surface area (Å²) in [5.74, 6) is -0.0699. The Morgan fingerprint density at radius 2 is 1.96 bits per heavy atom. The maximum Gasteiger partial charge on any atom is 0.410 e. The Morgan fingerprint density at radius 3 is 2.56 bits per heavy atom. The topological polar surface area (TPSA) is 75.9 Å². The lowest BCUT2D eigenvalue weighted by Gasteiger charge is -2.41. The fraction of sp³-hybridized carbons (Fsp3) is 0.579. The zero-order valence-electron chi connectivity index (χ0n) is 15.4. The lowest BCUT2D eigenvalue weighted by molar-refractivity contribution is -0.137. The van der Waals surface area contributed by atoms with Crippen LogP contribution in [-0.4, -0.2) is 53.0 Å². The number of benzene rings is 1. The Bertz CT molecular complexity index is 575. The van der Waals surface area contributed by atoms with Crippen LogP contribution in [0.1, 0.15) is 39.2 Å². The van der Waals surface area contributed by atoms with Crippen molar-refractivity contribution in [1.82, 2.24) is 9.80 Å². The number of piperidine rings is 1. The number of rotatable bonds is 5. The Kier molecular flexibility index (Phi) is 6.82. The van der Waals surface area contributed by atoms with Gasteiger partial charge in [0.05, 0.1) is 6.04 Å². The molecule has 1 aliphatic rings. The van der Waals surface area contributed by atoms with Crippen LogP contribution in [0.4, 0.5) is 4.79 Å². The average molecular weight is 347 g/mol. The molecule has 0 aromatic heterocycles. The minimum Gasteiger partial charge on any atom is -0.445 e. The summed E-state index contributed by atoms with van der Waals surface area (Å²) in [5, 5.41) is 0. The molecule has 2 atom stereocenters. The van der Waals surface area contributed by atoms with Crippen molar-refractivity contribution in [2.24, 2.45) is 5.73 Å². The molecule has 2 N–H and O–H groups in total. The highest BCUT2D eigenvalue weighted by molar-refractivity contribution is 5.82. The van der Waals surface area contributed by atoms with E-state index in [4.69, 9.17) is 10.5 Å². The minimum atomic E-state index is -0.539. The summed E-state index contributed by atoms with van der Waals surface area (Å²) in [7, 11) is 0. The first-order valence-corrected chi connectivity index (χ1v) is 8.93. The third-order valence-electron chi connectivity index (χ3n) is 4.45. The number of nitrogens with zero attached hydrogens (tertiary/aromatic N) is 2. The van der Waals surface area contributed by atoms with Crippen LogP contribution in [0.5, 0.6) is 0 Å². The zero-order chi connectivity index (χ0) is 18.4. The normalized spacial score (nSPS) is 18.8. The SMILES string of the molecule is CC(C)N(C(=O)[C@H](C)N)[C@H]1CCCN(C(=O)OCc2ccccc2)C1. The third-order valence-corrected chi connectivity index (χ3v) is 4.45. The number of carbonyl (C=O) groups excluding carboxylic acids is 2. The molecule has 25 heavy (non-hydrogen) atoms. The van der Waals surface area contributed by atoms with Gasteiger partial charge in [0.15, 0.2) is 0 Å². The van der Waals surface area contributed by atoms with Gasteiger partial charge in [-0.15, -0.1) is 0 Å². The van der Waals surface area contributed by atoms with E-state index in [0.29, 0.717) is 13.1 Å². The summed E-state index contributed by atoms with van der Waals surface area (Å²) in [6.45, 7) is 7.06. The molecule has 2 rings (SSSR count). The molecule has 1 saturated heterocycles. The average Bonchev–Trinajstić information content (AvgIpc) is 2.60. The summed E-state index contributed by atoms with van der Waals surface area (Å²) in [6.07, 6.45) is 1.39. The second-order valence-electron chi connectivity index (χ2n) is 6.91. The van der Waals surface area contributed by atoms with Crippen LogP contribution in [0.2, 0.25) is 0 Å². The molecule has 6 heteroatoms. The van der Waals surface area contributed by atoms with Gasteiger partial charge in [-0.3, -0.25) is 4.79 Å². The van der Waals surface area contributed by atoms with Crippen molar-refractivity contribution >= 4 is 12.0 Å². The van der Waals surface area contributed by atoms with Crippen molar-refractivity contribution in [3.63, 3.8) is 0 Å². The lowest BCUT2D eigenvalue weighted by Crippen LogP contribution is -2.57. The minimum absolute atomic E-state index is 0.0171. The van der Waals surface area contributed by atoms with Gasteiger partial charge in [0.25, 0.3) is 0 Å². The van der Waals surface area contributed by atoms with E-state index in [-0.39, 0.29) is 30.7 Å². The number of likely N-dealkylation sites (tertiary alicyclic amines) is 1. The number of hydrogen-bond donors (Lipinski definition) is 1. The molecule has 1 heterocycles. The van der Waals surface area contributed by atoms with E-state index >= 15 is 0 Å². The molecule has 2 amide bonds. The molecule has 138 valence electrons. The fourth-order valence-corrected chi connectivity index (χ4v) is 3.25. The van der Waals surface area contributed by atoms with Gasteiger partial charge in [0.1, 0.15) is 6.61 Å². The molecule has 0 unspecified atom stereocenters. The molecule has 0 bridgehead atoms. The van der Waals surface area contributed by atoms with Crippen molar-refractivity contribution in [3.8, 4) is 0 Å². The molecule has 0 saturated carbocycles. The Balaban J connectivity index is 1.96. The molecular formula is C19H29N3O3. The predicted molar refractivity (Wildman–Crippen MR) is 96.9 cm³/mol. The van der Waals surface area contributed by atoms with Crippen molar-refractivity contribution < 1.29 is 14.3 Å². The van der Waals surface area contributed by atoms with Crippen molar-refractivity contribution in [1.29, 1.82) is 0 Å². The van der Waals surface area contributed by atoms with Crippen LogP contribution in [0.25, 0.3) is 0 Å². The highest BCUT2D eigenvalue weighted by Crippen LogP contribution is 2.20. The van der Waals surface area contributed by atoms with Crippen molar-refractivity contribution in [2.45, 2.75) is 58.3 Å². The Labute approximate surface area is 149 Å². The maximum atomic E-state index is 12.4. The van der Waals surface area contributed by atoms with Crippen LogP contribution in [-0.2, 0) is 16.1 Å². The standard InChI is InChI=1S/C19H29N3O3/c1-14(2)22(18(23)15(3)20)17-10-7-11-21(12-17)19(24)25-13-16-8-5-4-6-9-16/h4-6,8-9,14-15,17H,7,10-13,20H2,1-3H3/t15-,17-/m0/s1. The maximum absolute atomic E-state index is 12.4. The van der Waals surface area contributed by atoms with Gasteiger partial charge in [-0.25, -0.2) is 4.79 Å². The summed E-state index contributed by atoms with van der Waals surface area (Å²) in [4.78, 5) is 28.3. The van der Waals surface area contributed by atoms with Gasteiger partial charge in [-0.2, -0.15) is 0 Å². The highest BCUT2D eigenvalue weighted by Gasteiger charge is 2.33. The van der Waals surface area contributed by atoms with Gasteiger partial charge < -0.3 is 20.3 Å². The molecule has 0 spiro atoms. The van der Waals surface area contributed by atoms with E-state index in [1.54, 1.807) is 11.8 Å². The number of nitrogens with two attached hydrogens (primary N) is 1. The van der Waals surface area contributed by atoms with Gasteiger partial charge in [-0.05, 0) is 39.2 Å². The van der Waals surface area contributed by atoms with Crippen LogP contribution in [0, 0.1) is 0 Å². The van der Waals surface area contributed by atoms with E-state index in [1.807, 2.05) is 49.1 Å². The predicted octanol–water partition coefficient (Wildman–Crippen LogP) is 2.37. The molecular weight excluding hydrogens is 318 g/mol. The van der Waals surface area contributed by atoms with Gasteiger partial charge in [0.2, 0.25) is 5.91 Å². The van der Waals surface area contributed by atoms with E-state index in [0.717, 1.165) is 18.4 Å². The molecule has 0 radical (unpaired) electrons. The first-order chi connectivity index (χ1) is 11.9. The number of hydrogen-bond acceptors (Lipinski definition) is 4. The summed E-state index contributed by atoms with van der Waals surface area (Å²) >= 11 is 0. The smallest absolute Gasteiger partial charge is 0.410 e. The van der Waals surface area contributed by atoms with E-state index in [1.165, 1.54) is 0 Å². The van der Waals surface area contributed by atoms with Gasteiger partial charge in [-0.1, -0.05) is 30.3 Å². The Hall–Kier alpha value is -2.08. The molecule has 0 aliphatic carbocycles. The second kappa shape index (κ2) is 8.85. The van der Waals surface area contributed by atoms with Crippen LogP contribution in [0.3, 0.4) is 0 Å². The van der Waals surface area contributed by atoms with Crippen molar-refractivity contribution in [3.05, 3.63) is 35.9 Å². The number of ether oxygens (including phenoxy) is 1. The Morgan fingerprint density at radius 1 is 1.28 bits per heavy atom. The van der Waals surface area contributed by atoms with E-state index in [9.17, 15) is 9.59 Å². The van der Waals surface area contributed by atoms with E-state index in [2.05, 4.69) is 0 Å². The highest BCUT2D eigenvalue weighted by atomic mass is 16.6. The fourth-order valence-electron chi connectivity index (χ4n) is 3.25. The number of carbonyl (C=O) groups is 2. The summed E-state index contributed by atoms with van der Waals surface area (Å²) in [5.41, 5.74) is 6.75. The van der Waals surface area contributed by atoms with Crippen molar-refractivity contribution in [2.75, 3.05) is 13.1 Å². The zero-order valence-corrected chi connectivity index (χ0v) is 15.4. The van der Waals surface area contributed by atoms with Crippen LogP contribution in [0.15, 0.2) is 30.3 Å². The molecule has 6 nitrogen and oxygen atoms in total. The van der Waals surface area contributed by atoms with Gasteiger partial charge in [0, 0.05) is 25.2 Å². The van der Waals surface area contributed by atoms with Crippen LogP contribution < -0.4 is 5.73 Å². The summed E-state index contributed by atoms with van der Waals surface area (Å²) in [6, 6.07) is 9.10. The molecule has 1 fully saturated rings. The molecule has 1 aliphatic heterocycles. The quantitative estimate of drug-likeness (QED) is 0.887. The first kappa shape index (κ1) is 19.2. The molecule has 1 aromatic rings. The largest absolute Gasteiger partial charge is 0.445 e. The lowest BCUT2D eigenvalue weighted by atomic mass is 10.0. The molecule has 1 aromatic carbocycles.